The number of rotatable bonds is 4. The minimum absolute atomic E-state index is 0.108. The van der Waals surface area contributed by atoms with Gasteiger partial charge < -0.3 is 19.7 Å². The smallest absolute Gasteiger partial charge is 0.356 e. The number of carbonyl (C=O) groups is 2. The average Bonchev–Trinajstić information content (AvgIpc) is 3.20. The van der Waals surface area contributed by atoms with Gasteiger partial charge in [0.2, 0.25) is 0 Å². The van der Waals surface area contributed by atoms with E-state index in [2.05, 4.69) is 10.1 Å². The largest absolute Gasteiger partial charge is 0.497 e. The molecule has 0 unspecified atom stereocenters. The third-order valence-electron chi connectivity index (χ3n) is 4.33. The normalized spacial score (nSPS) is 14.0. The summed E-state index contributed by atoms with van der Waals surface area (Å²) in [5, 5.41) is 14.0. The number of amides is 1. The summed E-state index contributed by atoms with van der Waals surface area (Å²) in [5.41, 5.74) is 2.07. The Bertz CT molecular complexity index is 988. The van der Waals surface area contributed by atoms with Crippen LogP contribution in [0.15, 0.2) is 30.3 Å². The fourth-order valence-electron chi connectivity index (χ4n) is 3.08. The average molecular weight is 340 g/mol. The Balaban J connectivity index is 1.58. The van der Waals surface area contributed by atoms with Crippen molar-refractivity contribution in [2.45, 2.75) is 13.1 Å². The van der Waals surface area contributed by atoms with Crippen LogP contribution in [0.4, 0.5) is 0 Å². The number of carboxylic acid groups (broad SMARTS) is 1. The maximum absolute atomic E-state index is 12.6. The van der Waals surface area contributed by atoms with E-state index in [4.69, 9.17) is 9.84 Å². The molecule has 0 radical (unpaired) electrons. The topological polar surface area (TPSA) is 100 Å². The van der Waals surface area contributed by atoms with Crippen molar-refractivity contribution in [1.29, 1.82) is 0 Å². The fourth-order valence-corrected chi connectivity index (χ4v) is 3.08. The standard InChI is InChI=1S/C17H16N4O4/c1-25-12-2-3-13-10(7-12)6-11(18-13)9-20-4-5-21-15(16(20)22)8-14(19-21)17(23)24/h2-3,6-8,18H,4-5,9H2,1H3,(H,23,24). The van der Waals surface area contributed by atoms with Crippen molar-refractivity contribution in [3.63, 3.8) is 0 Å². The molecule has 3 aromatic rings. The zero-order chi connectivity index (χ0) is 17.6. The van der Waals surface area contributed by atoms with Crippen LogP contribution < -0.4 is 4.74 Å². The molecule has 1 aliphatic heterocycles. The van der Waals surface area contributed by atoms with Gasteiger partial charge in [0, 0.05) is 29.2 Å². The zero-order valence-corrected chi connectivity index (χ0v) is 13.5. The second-order valence-corrected chi connectivity index (χ2v) is 5.92. The number of aromatic carboxylic acids is 1. The second-order valence-electron chi connectivity index (χ2n) is 5.92. The highest BCUT2D eigenvalue weighted by atomic mass is 16.5. The van der Waals surface area contributed by atoms with Crippen molar-refractivity contribution in [2.75, 3.05) is 13.7 Å². The van der Waals surface area contributed by atoms with Crippen LogP contribution in [0.2, 0.25) is 0 Å². The Morgan fingerprint density at radius 2 is 2.16 bits per heavy atom. The highest BCUT2D eigenvalue weighted by Gasteiger charge is 2.28. The van der Waals surface area contributed by atoms with Gasteiger partial charge in [0.15, 0.2) is 5.69 Å². The van der Waals surface area contributed by atoms with Crippen LogP contribution in [0.25, 0.3) is 10.9 Å². The number of ether oxygens (including phenoxy) is 1. The van der Waals surface area contributed by atoms with Crippen molar-refractivity contribution >= 4 is 22.8 Å². The molecule has 0 bridgehead atoms. The molecule has 1 aromatic carbocycles. The number of H-pyrrole nitrogens is 1. The zero-order valence-electron chi connectivity index (χ0n) is 13.5. The first-order chi connectivity index (χ1) is 12.0. The number of methoxy groups -OCH3 is 1. The lowest BCUT2D eigenvalue weighted by molar-refractivity contribution is 0.0669. The number of nitrogens with zero attached hydrogens (tertiary/aromatic N) is 3. The van der Waals surface area contributed by atoms with Crippen molar-refractivity contribution in [2.24, 2.45) is 0 Å². The van der Waals surface area contributed by atoms with Crippen LogP contribution in [0.5, 0.6) is 5.75 Å². The Morgan fingerprint density at radius 1 is 1.32 bits per heavy atom. The van der Waals surface area contributed by atoms with Crippen molar-refractivity contribution < 1.29 is 19.4 Å². The number of fused-ring (bicyclic) bond motifs is 2. The number of hydrogen-bond donors (Lipinski definition) is 2. The molecule has 8 nitrogen and oxygen atoms in total. The molecule has 128 valence electrons. The van der Waals surface area contributed by atoms with E-state index >= 15 is 0 Å². The van der Waals surface area contributed by atoms with Crippen molar-refractivity contribution in [3.8, 4) is 5.75 Å². The monoisotopic (exact) mass is 340 g/mol. The summed E-state index contributed by atoms with van der Waals surface area (Å²) in [5.74, 6) is -0.578. The summed E-state index contributed by atoms with van der Waals surface area (Å²) in [6.07, 6.45) is 0. The highest BCUT2D eigenvalue weighted by Crippen LogP contribution is 2.23. The lowest BCUT2D eigenvalue weighted by Crippen LogP contribution is -2.39. The fraction of sp³-hybridized carbons (Fsp3) is 0.235. The molecule has 0 saturated heterocycles. The second kappa shape index (κ2) is 5.66. The van der Waals surface area contributed by atoms with E-state index < -0.39 is 5.97 Å². The van der Waals surface area contributed by atoms with Crippen molar-refractivity contribution in [3.05, 3.63) is 47.4 Å². The summed E-state index contributed by atoms with van der Waals surface area (Å²) >= 11 is 0. The lowest BCUT2D eigenvalue weighted by atomic mass is 10.2. The molecule has 2 N–H and O–H groups in total. The van der Waals surface area contributed by atoms with Gasteiger partial charge in [-0.3, -0.25) is 9.48 Å². The van der Waals surface area contributed by atoms with Gasteiger partial charge in [-0.05, 0) is 24.3 Å². The summed E-state index contributed by atoms with van der Waals surface area (Å²) in [7, 11) is 1.62. The first-order valence-electron chi connectivity index (χ1n) is 7.81. The molecule has 0 spiro atoms. The van der Waals surface area contributed by atoms with Crippen LogP contribution in [-0.2, 0) is 13.1 Å². The predicted molar refractivity (Wildman–Crippen MR) is 88.8 cm³/mol. The maximum Gasteiger partial charge on any atom is 0.356 e. The molecule has 2 aromatic heterocycles. The van der Waals surface area contributed by atoms with E-state index in [0.717, 1.165) is 22.3 Å². The van der Waals surface area contributed by atoms with Gasteiger partial charge in [-0.1, -0.05) is 0 Å². The van der Waals surface area contributed by atoms with E-state index in [1.165, 1.54) is 10.7 Å². The minimum atomic E-state index is -1.13. The third kappa shape index (κ3) is 2.61. The quantitative estimate of drug-likeness (QED) is 0.753. The van der Waals surface area contributed by atoms with Gasteiger partial charge in [-0.15, -0.1) is 0 Å². The summed E-state index contributed by atoms with van der Waals surface area (Å²) in [6, 6.07) is 9.05. The van der Waals surface area contributed by atoms with E-state index in [1.54, 1.807) is 12.0 Å². The molecule has 1 amide bonds. The molecule has 1 aliphatic rings. The first kappa shape index (κ1) is 15.3. The Morgan fingerprint density at radius 3 is 2.92 bits per heavy atom. The van der Waals surface area contributed by atoms with E-state index in [9.17, 15) is 9.59 Å². The Hall–Kier alpha value is -3.29. The predicted octanol–water partition coefficient (Wildman–Crippen LogP) is 1.73. The van der Waals surface area contributed by atoms with Gasteiger partial charge in [-0.2, -0.15) is 5.10 Å². The van der Waals surface area contributed by atoms with E-state index in [1.807, 2.05) is 24.3 Å². The Labute approximate surface area is 142 Å². The number of aromatic amines is 1. The molecular weight excluding hydrogens is 324 g/mol. The molecule has 4 rings (SSSR count). The SMILES string of the molecule is COc1ccc2[nH]c(CN3CCn4nc(C(=O)O)cc4C3=O)cc2c1. The van der Waals surface area contributed by atoms with E-state index in [-0.39, 0.29) is 11.6 Å². The molecule has 0 aliphatic carbocycles. The molecule has 0 atom stereocenters. The maximum atomic E-state index is 12.6. The molecular formula is C17H16N4O4. The number of benzene rings is 1. The lowest BCUT2D eigenvalue weighted by Gasteiger charge is -2.26. The number of aromatic nitrogens is 3. The molecule has 8 heteroatoms. The summed E-state index contributed by atoms with van der Waals surface area (Å²) in [6.45, 7) is 1.37. The third-order valence-corrected chi connectivity index (χ3v) is 4.33. The number of carboxylic acids is 1. The van der Waals surface area contributed by atoms with Crippen molar-refractivity contribution in [1.82, 2.24) is 19.7 Å². The van der Waals surface area contributed by atoms with Crippen LogP contribution >= 0.6 is 0 Å². The van der Waals surface area contributed by atoms with Crippen LogP contribution in [0.1, 0.15) is 26.7 Å². The van der Waals surface area contributed by atoms with Crippen LogP contribution in [0.3, 0.4) is 0 Å². The number of hydrogen-bond acceptors (Lipinski definition) is 4. The van der Waals surface area contributed by atoms with Crippen LogP contribution in [-0.4, -0.2) is 50.3 Å². The van der Waals surface area contributed by atoms with Gasteiger partial charge in [0.05, 0.1) is 20.2 Å². The number of carbonyl (C=O) groups excluding carboxylic acids is 1. The first-order valence-corrected chi connectivity index (χ1v) is 7.81. The van der Waals surface area contributed by atoms with Crippen LogP contribution in [0, 0.1) is 0 Å². The molecule has 0 saturated carbocycles. The van der Waals surface area contributed by atoms with Gasteiger partial charge in [0.25, 0.3) is 5.91 Å². The highest BCUT2D eigenvalue weighted by molar-refractivity contribution is 5.96. The van der Waals surface area contributed by atoms with Gasteiger partial charge in [-0.25, -0.2) is 4.79 Å². The van der Waals surface area contributed by atoms with Gasteiger partial charge in [0.1, 0.15) is 11.4 Å². The Kier molecular flexibility index (Phi) is 3.45. The van der Waals surface area contributed by atoms with Gasteiger partial charge >= 0.3 is 5.97 Å². The molecule has 3 heterocycles. The number of nitrogens with one attached hydrogen (secondary N) is 1. The summed E-state index contributed by atoms with van der Waals surface area (Å²) < 4.78 is 6.68. The minimum Gasteiger partial charge on any atom is -0.497 e. The summed E-state index contributed by atoms with van der Waals surface area (Å²) in [4.78, 5) is 28.6. The van der Waals surface area contributed by atoms with E-state index in [0.29, 0.717) is 25.3 Å². The molecule has 25 heavy (non-hydrogen) atoms. The molecule has 0 fully saturated rings.